The predicted octanol–water partition coefficient (Wildman–Crippen LogP) is 4.71. The molecule has 4 fully saturated rings. The molecule has 0 aliphatic heterocycles. The number of hydrogen-bond donors (Lipinski definition) is 1. The van der Waals surface area contributed by atoms with E-state index in [0.717, 1.165) is 30.1 Å². The molecule has 4 aliphatic rings. The van der Waals surface area contributed by atoms with Crippen LogP contribution in [0.25, 0.3) is 0 Å². The van der Waals surface area contributed by atoms with Crippen LogP contribution in [0.4, 0.5) is 0 Å². The summed E-state index contributed by atoms with van der Waals surface area (Å²) in [4.78, 5) is 12.2. The number of nitrogens with one attached hydrogen (secondary N) is 1. The summed E-state index contributed by atoms with van der Waals surface area (Å²) < 4.78 is 6.06. The number of aromatic nitrogens is 2. The molecule has 4 aliphatic carbocycles. The average Bonchev–Trinajstić information content (AvgIpc) is 3.09. The van der Waals surface area contributed by atoms with Gasteiger partial charge in [0, 0.05) is 11.5 Å². The average molecular weight is 392 g/mol. The van der Waals surface area contributed by atoms with Crippen molar-refractivity contribution < 1.29 is 9.21 Å². The van der Waals surface area contributed by atoms with E-state index in [9.17, 15) is 4.79 Å². The zero-order valence-corrected chi connectivity index (χ0v) is 17.5. The van der Waals surface area contributed by atoms with Crippen molar-refractivity contribution in [1.29, 1.82) is 0 Å². The number of thioether (sulfide) groups is 1. The molecule has 6 heteroatoms. The zero-order chi connectivity index (χ0) is 18.9. The van der Waals surface area contributed by atoms with Gasteiger partial charge in [-0.25, -0.2) is 0 Å². The molecule has 4 saturated carbocycles. The normalized spacial score (nSPS) is 32.6. The summed E-state index contributed by atoms with van der Waals surface area (Å²) in [7, 11) is 0. The Morgan fingerprint density at radius 1 is 1.19 bits per heavy atom. The Balaban J connectivity index is 1.28. The van der Waals surface area contributed by atoms with E-state index in [1.54, 1.807) is 0 Å². The van der Waals surface area contributed by atoms with Crippen molar-refractivity contribution in [3.8, 4) is 0 Å². The molecular formula is C21H33N3O2S. The Bertz CT molecular complexity index is 624. The molecule has 150 valence electrons. The van der Waals surface area contributed by atoms with Gasteiger partial charge in [0.1, 0.15) is 0 Å². The largest absolute Gasteiger partial charge is 0.415 e. The third kappa shape index (κ3) is 4.36. The maximum absolute atomic E-state index is 12.2. The van der Waals surface area contributed by atoms with E-state index < -0.39 is 0 Å². The second-order valence-corrected chi connectivity index (χ2v) is 10.3. The maximum atomic E-state index is 12.2. The lowest BCUT2D eigenvalue weighted by Crippen LogP contribution is -2.48. The molecule has 27 heavy (non-hydrogen) atoms. The molecular weight excluding hydrogens is 358 g/mol. The summed E-state index contributed by atoms with van der Waals surface area (Å²) in [6.07, 6.45) is 12.5. The number of unbranched alkanes of at least 4 members (excludes halogenated alkanes) is 2. The molecule has 1 amide bonds. The van der Waals surface area contributed by atoms with E-state index >= 15 is 0 Å². The molecule has 0 unspecified atom stereocenters. The summed E-state index contributed by atoms with van der Waals surface area (Å²) >= 11 is 1.37. The Hall–Kier alpha value is -1.04. The van der Waals surface area contributed by atoms with Crippen molar-refractivity contribution >= 4 is 17.7 Å². The van der Waals surface area contributed by atoms with Crippen molar-refractivity contribution in [2.75, 3.05) is 5.75 Å². The van der Waals surface area contributed by atoms with Crippen LogP contribution in [0.15, 0.2) is 9.64 Å². The van der Waals surface area contributed by atoms with Crippen LogP contribution in [-0.4, -0.2) is 27.9 Å². The molecule has 4 bridgehead atoms. The van der Waals surface area contributed by atoms with Crippen LogP contribution in [0.2, 0.25) is 0 Å². The minimum atomic E-state index is 0.0542. The first-order valence-corrected chi connectivity index (χ1v) is 11.8. The summed E-state index contributed by atoms with van der Waals surface area (Å²) in [5.41, 5.74) is 0.136. The molecule has 1 N–H and O–H groups in total. The first-order chi connectivity index (χ1) is 13.1. The summed E-state index contributed by atoms with van der Waals surface area (Å²) in [6.45, 7) is 4.28. The standard InChI is InChI=1S/C21H33N3O2S/c1-3-4-5-6-14(2)22-18(25)13-27-20-24-23-19(26-20)21-10-15-7-16(11-21)9-17(8-15)12-21/h14-17H,3-13H2,1-2H3,(H,22,25)/t14-,15?,16?,17?,21?/m1/s1. The fourth-order valence-electron chi connectivity index (χ4n) is 6.07. The quantitative estimate of drug-likeness (QED) is 0.487. The molecule has 1 atom stereocenters. The molecule has 1 aromatic rings. The van der Waals surface area contributed by atoms with Crippen molar-refractivity contribution in [2.24, 2.45) is 17.8 Å². The van der Waals surface area contributed by atoms with Gasteiger partial charge in [-0.3, -0.25) is 4.79 Å². The first kappa shape index (κ1) is 19.3. The zero-order valence-electron chi connectivity index (χ0n) is 16.7. The molecule has 0 saturated heterocycles. The monoisotopic (exact) mass is 391 g/mol. The third-order valence-electron chi connectivity index (χ3n) is 6.87. The van der Waals surface area contributed by atoms with E-state index in [4.69, 9.17) is 4.42 Å². The number of carbonyl (C=O) groups excluding carboxylic acids is 1. The first-order valence-electron chi connectivity index (χ1n) is 10.8. The van der Waals surface area contributed by atoms with Gasteiger partial charge in [0.25, 0.3) is 5.22 Å². The van der Waals surface area contributed by atoms with Gasteiger partial charge >= 0.3 is 0 Å². The number of hydrogen-bond acceptors (Lipinski definition) is 5. The predicted molar refractivity (Wildman–Crippen MR) is 107 cm³/mol. The van der Waals surface area contributed by atoms with Crippen LogP contribution in [-0.2, 0) is 10.2 Å². The van der Waals surface area contributed by atoms with Gasteiger partial charge in [-0.1, -0.05) is 37.9 Å². The summed E-state index contributed by atoms with van der Waals surface area (Å²) in [5, 5.41) is 12.3. The number of rotatable bonds is 9. The van der Waals surface area contributed by atoms with Gasteiger partial charge in [-0.2, -0.15) is 0 Å². The molecule has 1 heterocycles. The van der Waals surface area contributed by atoms with Crippen molar-refractivity contribution in [1.82, 2.24) is 15.5 Å². The topological polar surface area (TPSA) is 68.0 Å². The Labute approximate surface area is 166 Å². The van der Waals surface area contributed by atoms with E-state index in [1.807, 2.05) is 0 Å². The van der Waals surface area contributed by atoms with Gasteiger partial charge in [0.05, 0.1) is 5.75 Å². The fraction of sp³-hybridized carbons (Fsp3) is 0.857. The van der Waals surface area contributed by atoms with Crippen LogP contribution < -0.4 is 5.32 Å². The molecule has 5 rings (SSSR count). The number of carbonyl (C=O) groups is 1. The van der Waals surface area contributed by atoms with Crippen LogP contribution in [0.5, 0.6) is 0 Å². The highest BCUT2D eigenvalue weighted by molar-refractivity contribution is 7.99. The van der Waals surface area contributed by atoms with Crippen molar-refractivity contribution in [3.63, 3.8) is 0 Å². The van der Waals surface area contributed by atoms with Gasteiger partial charge in [0.2, 0.25) is 11.8 Å². The summed E-state index contributed by atoms with van der Waals surface area (Å²) in [6, 6.07) is 0.231. The lowest BCUT2D eigenvalue weighted by atomic mass is 9.49. The smallest absolute Gasteiger partial charge is 0.277 e. The van der Waals surface area contributed by atoms with E-state index in [0.29, 0.717) is 11.0 Å². The maximum Gasteiger partial charge on any atom is 0.277 e. The van der Waals surface area contributed by atoms with Gasteiger partial charge in [-0.15, -0.1) is 10.2 Å². The Kier molecular flexibility index (Phi) is 5.81. The van der Waals surface area contributed by atoms with Crippen LogP contribution in [0.1, 0.15) is 83.9 Å². The molecule has 0 radical (unpaired) electrons. The minimum Gasteiger partial charge on any atom is -0.415 e. The highest BCUT2D eigenvalue weighted by atomic mass is 32.2. The van der Waals surface area contributed by atoms with Crippen molar-refractivity contribution in [2.45, 2.75) is 94.7 Å². The second kappa shape index (κ2) is 8.14. The van der Waals surface area contributed by atoms with E-state index in [1.165, 1.54) is 69.5 Å². The lowest BCUT2D eigenvalue weighted by molar-refractivity contribution is -0.119. The molecule has 0 spiro atoms. The number of amides is 1. The highest BCUT2D eigenvalue weighted by Crippen LogP contribution is 2.60. The van der Waals surface area contributed by atoms with Crippen LogP contribution in [0, 0.1) is 17.8 Å². The Morgan fingerprint density at radius 3 is 2.48 bits per heavy atom. The Morgan fingerprint density at radius 2 is 1.85 bits per heavy atom. The van der Waals surface area contributed by atoms with Crippen LogP contribution >= 0.6 is 11.8 Å². The van der Waals surface area contributed by atoms with Gasteiger partial charge in [0.15, 0.2) is 0 Å². The SMILES string of the molecule is CCCCC[C@@H](C)NC(=O)CSc1nnc(C23CC4CC(CC(C4)C2)C3)o1. The molecule has 0 aromatic carbocycles. The van der Waals surface area contributed by atoms with Crippen molar-refractivity contribution in [3.05, 3.63) is 5.89 Å². The highest BCUT2D eigenvalue weighted by Gasteiger charge is 2.54. The summed E-state index contributed by atoms with van der Waals surface area (Å²) in [5.74, 6) is 3.83. The van der Waals surface area contributed by atoms with Gasteiger partial charge < -0.3 is 9.73 Å². The fourth-order valence-corrected chi connectivity index (χ4v) is 6.65. The number of nitrogens with zero attached hydrogens (tertiary/aromatic N) is 2. The third-order valence-corrected chi connectivity index (χ3v) is 7.69. The van der Waals surface area contributed by atoms with E-state index in [-0.39, 0.29) is 17.4 Å². The second-order valence-electron chi connectivity index (χ2n) is 9.32. The lowest BCUT2D eigenvalue weighted by Gasteiger charge is -2.55. The molecule has 1 aromatic heterocycles. The molecule has 5 nitrogen and oxygen atoms in total. The van der Waals surface area contributed by atoms with Gasteiger partial charge in [-0.05, 0) is 69.6 Å². The van der Waals surface area contributed by atoms with E-state index in [2.05, 4.69) is 29.4 Å². The minimum absolute atomic E-state index is 0.0542. The van der Waals surface area contributed by atoms with Crippen LogP contribution in [0.3, 0.4) is 0 Å².